The summed E-state index contributed by atoms with van der Waals surface area (Å²) in [5.74, 6) is 0.833. The fourth-order valence-electron chi connectivity index (χ4n) is 1.50. The molecule has 1 unspecified atom stereocenters. The third-order valence-electron chi connectivity index (χ3n) is 2.38. The quantitative estimate of drug-likeness (QED) is 0.803. The lowest BCUT2D eigenvalue weighted by molar-refractivity contribution is 0.701. The van der Waals surface area contributed by atoms with Gasteiger partial charge in [-0.1, -0.05) is 6.92 Å². The zero-order valence-corrected chi connectivity index (χ0v) is 10.8. The highest BCUT2D eigenvalue weighted by atomic mass is 79.9. The minimum atomic E-state index is -0.260. The standard InChI is InChI=1S/C10H12BrN5O/c1-2-6(9-12-3-4-13-9)15-7-5-14-16-10(17)8(7)11/h3-6H,2H2,1H3,(H,12,13)(H2,15,16,17). The zero-order valence-electron chi connectivity index (χ0n) is 9.20. The van der Waals surface area contributed by atoms with Gasteiger partial charge in [0.2, 0.25) is 0 Å². The predicted molar refractivity (Wildman–Crippen MR) is 67.8 cm³/mol. The lowest BCUT2D eigenvalue weighted by Gasteiger charge is -2.16. The van der Waals surface area contributed by atoms with E-state index in [2.05, 4.69) is 41.4 Å². The predicted octanol–water partition coefficient (Wildman–Crippen LogP) is 1.82. The molecule has 2 aromatic heterocycles. The van der Waals surface area contributed by atoms with Gasteiger partial charge in [0, 0.05) is 12.4 Å². The number of aromatic nitrogens is 4. The van der Waals surface area contributed by atoms with E-state index in [4.69, 9.17) is 0 Å². The van der Waals surface area contributed by atoms with Crippen molar-refractivity contribution in [3.05, 3.63) is 39.2 Å². The average Bonchev–Trinajstić information content (AvgIpc) is 2.85. The van der Waals surface area contributed by atoms with E-state index in [-0.39, 0.29) is 11.6 Å². The average molecular weight is 298 g/mol. The Hall–Kier alpha value is -1.63. The van der Waals surface area contributed by atoms with Gasteiger partial charge in [-0.2, -0.15) is 5.10 Å². The summed E-state index contributed by atoms with van der Waals surface area (Å²) in [6.07, 6.45) is 5.87. The summed E-state index contributed by atoms with van der Waals surface area (Å²) in [6.45, 7) is 2.04. The van der Waals surface area contributed by atoms with E-state index in [1.54, 1.807) is 18.6 Å². The van der Waals surface area contributed by atoms with Gasteiger partial charge in [-0.3, -0.25) is 4.79 Å². The maximum absolute atomic E-state index is 11.4. The van der Waals surface area contributed by atoms with Crippen LogP contribution in [0.1, 0.15) is 25.2 Å². The van der Waals surface area contributed by atoms with Crippen LogP contribution in [-0.2, 0) is 0 Å². The Morgan fingerprint density at radius 1 is 1.59 bits per heavy atom. The van der Waals surface area contributed by atoms with Crippen LogP contribution in [-0.4, -0.2) is 20.2 Å². The highest BCUT2D eigenvalue weighted by molar-refractivity contribution is 9.10. The first-order valence-corrected chi connectivity index (χ1v) is 6.00. The molecule has 90 valence electrons. The van der Waals surface area contributed by atoms with E-state index in [0.29, 0.717) is 10.2 Å². The van der Waals surface area contributed by atoms with Crippen molar-refractivity contribution in [3.8, 4) is 0 Å². The van der Waals surface area contributed by atoms with Crippen LogP contribution in [0.5, 0.6) is 0 Å². The Morgan fingerprint density at radius 3 is 3.06 bits per heavy atom. The summed E-state index contributed by atoms with van der Waals surface area (Å²) in [7, 11) is 0. The van der Waals surface area contributed by atoms with E-state index in [1.807, 2.05) is 6.92 Å². The summed E-state index contributed by atoms with van der Waals surface area (Å²) in [4.78, 5) is 18.6. The maximum Gasteiger partial charge on any atom is 0.280 e. The molecular weight excluding hydrogens is 286 g/mol. The number of hydrogen-bond acceptors (Lipinski definition) is 4. The van der Waals surface area contributed by atoms with Crippen LogP contribution < -0.4 is 10.9 Å². The number of nitrogens with zero attached hydrogens (tertiary/aromatic N) is 2. The van der Waals surface area contributed by atoms with E-state index in [9.17, 15) is 4.79 Å². The van der Waals surface area contributed by atoms with Crippen molar-refractivity contribution in [3.63, 3.8) is 0 Å². The molecule has 0 aliphatic heterocycles. The number of aromatic amines is 2. The van der Waals surface area contributed by atoms with Gasteiger partial charge in [0.1, 0.15) is 10.3 Å². The van der Waals surface area contributed by atoms with Crippen molar-refractivity contribution in [2.75, 3.05) is 5.32 Å². The molecule has 0 bridgehead atoms. The van der Waals surface area contributed by atoms with E-state index in [0.717, 1.165) is 12.2 Å². The SMILES string of the molecule is CCC(Nc1cn[nH]c(=O)c1Br)c1ncc[nH]1. The second-order valence-corrected chi connectivity index (χ2v) is 4.30. The van der Waals surface area contributed by atoms with Gasteiger partial charge in [0.05, 0.1) is 17.9 Å². The van der Waals surface area contributed by atoms with Crippen LogP contribution in [0.2, 0.25) is 0 Å². The van der Waals surface area contributed by atoms with Crippen molar-refractivity contribution >= 4 is 21.6 Å². The molecule has 0 saturated carbocycles. The number of imidazole rings is 1. The van der Waals surface area contributed by atoms with Gasteiger partial charge in [0.25, 0.3) is 5.56 Å². The molecule has 0 saturated heterocycles. The Morgan fingerprint density at radius 2 is 2.41 bits per heavy atom. The largest absolute Gasteiger partial charge is 0.373 e. The first-order chi connectivity index (χ1) is 8.22. The number of rotatable bonds is 4. The third-order valence-corrected chi connectivity index (χ3v) is 3.17. The molecule has 17 heavy (non-hydrogen) atoms. The highest BCUT2D eigenvalue weighted by Crippen LogP contribution is 2.23. The Balaban J connectivity index is 2.25. The molecule has 0 fully saturated rings. The molecule has 2 aromatic rings. The molecule has 0 radical (unpaired) electrons. The number of halogens is 1. The molecule has 2 rings (SSSR count). The first-order valence-electron chi connectivity index (χ1n) is 5.21. The molecule has 7 heteroatoms. The second-order valence-electron chi connectivity index (χ2n) is 3.51. The molecule has 0 spiro atoms. The van der Waals surface area contributed by atoms with Gasteiger partial charge in [-0.05, 0) is 22.4 Å². The highest BCUT2D eigenvalue weighted by Gasteiger charge is 2.14. The van der Waals surface area contributed by atoms with Crippen molar-refractivity contribution < 1.29 is 0 Å². The summed E-state index contributed by atoms with van der Waals surface area (Å²) >= 11 is 3.22. The minimum absolute atomic E-state index is 0.0184. The molecule has 6 nitrogen and oxygen atoms in total. The van der Waals surface area contributed by atoms with E-state index in [1.165, 1.54) is 0 Å². The molecule has 2 heterocycles. The molecule has 0 amide bonds. The number of hydrogen-bond donors (Lipinski definition) is 3. The number of anilines is 1. The van der Waals surface area contributed by atoms with Crippen molar-refractivity contribution in [2.45, 2.75) is 19.4 Å². The lowest BCUT2D eigenvalue weighted by Crippen LogP contribution is -2.16. The smallest absolute Gasteiger partial charge is 0.280 e. The maximum atomic E-state index is 11.4. The van der Waals surface area contributed by atoms with Crippen LogP contribution >= 0.6 is 15.9 Å². The van der Waals surface area contributed by atoms with Gasteiger partial charge in [-0.25, -0.2) is 10.1 Å². The van der Waals surface area contributed by atoms with Crippen LogP contribution in [0, 0.1) is 0 Å². The molecule has 0 aromatic carbocycles. The van der Waals surface area contributed by atoms with Crippen LogP contribution in [0.15, 0.2) is 27.9 Å². The summed E-state index contributed by atoms with van der Waals surface area (Å²) in [5.41, 5.74) is 0.390. The second kappa shape index (κ2) is 5.13. The van der Waals surface area contributed by atoms with Gasteiger partial charge in [-0.15, -0.1) is 0 Å². The van der Waals surface area contributed by atoms with Gasteiger partial charge >= 0.3 is 0 Å². The monoisotopic (exact) mass is 297 g/mol. The van der Waals surface area contributed by atoms with Crippen LogP contribution in [0.25, 0.3) is 0 Å². The van der Waals surface area contributed by atoms with Crippen molar-refractivity contribution in [1.29, 1.82) is 0 Å². The Bertz CT molecular complexity index is 536. The van der Waals surface area contributed by atoms with Crippen molar-refractivity contribution in [1.82, 2.24) is 20.2 Å². The van der Waals surface area contributed by atoms with Crippen LogP contribution in [0.4, 0.5) is 5.69 Å². The summed E-state index contributed by atoms with van der Waals surface area (Å²) < 4.78 is 0.442. The number of nitrogens with one attached hydrogen (secondary N) is 3. The van der Waals surface area contributed by atoms with Crippen molar-refractivity contribution in [2.24, 2.45) is 0 Å². The molecule has 0 aliphatic carbocycles. The minimum Gasteiger partial charge on any atom is -0.373 e. The fourth-order valence-corrected chi connectivity index (χ4v) is 1.81. The Kier molecular flexibility index (Phi) is 3.58. The lowest BCUT2D eigenvalue weighted by atomic mass is 10.2. The zero-order chi connectivity index (χ0) is 12.3. The van der Waals surface area contributed by atoms with E-state index < -0.39 is 0 Å². The normalized spacial score (nSPS) is 12.4. The molecule has 0 aliphatic rings. The molecular formula is C10H12BrN5O. The molecule has 3 N–H and O–H groups in total. The van der Waals surface area contributed by atoms with Crippen LogP contribution in [0.3, 0.4) is 0 Å². The first kappa shape index (κ1) is 11.8. The Labute approximate surface area is 106 Å². The summed E-state index contributed by atoms with van der Waals surface area (Å²) in [5, 5.41) is 9.32. The van der Waals surface area contributed by atoms with Gasteiger partial charge in [0.15, 0.2) is 0 Å². The molecule has 1 atom stereocenters. The van der Waals surface area contributed by atoms with E-state index >= 15 is 0 Å². The number of H-pyrrole nitrogens is 2. The fraction of sp³-hybridized carbons (Fsp3) is 0.300. The third kappa shape index (κ3) is 2.55. The topological polar surface area (TPSA) is 86.5 Å². The van der Waals surface area contributed by atoms with Gasteiger partial charge < -0.3 is 10.3 Å². The summed E-state index contributed by atoms with van der Waals surface area (Å²) in [6, 6.07) is 0.0184.